The fraction of sp³-hybridized carbons (Fsp3) is 0.706. The van der Waals surface area contributed by atoms with Gasteiger partial charge in [-0.1, -0.05) is 6.42 Å². The van der Waals surface area contributed by atoms with E-state index in [1.165, 1.54) is 19.3 Å². The Hall–Kier alpha value is -1.14. The molecule has 1 aliphatic heterocycles. The summed E-state index contributed by atoms with van der Waals surface area (Å²) in [6.45, 7) is 10.4. The highest BCUT2D eigenvalue weighted by atomic mass is 19.1. The predicted molar refractivity (Wildman–Crippen MR) is 89.4 cm³/mol. The Labute approximate surface area is 138 Å². The average molecular weight is 320 g/mol. The zero-order valence-electron chi connectivity index (χ0n) is 14.7. The van der Waals surface area contributed by atoms with Gasteiger partial charge < -0.3 is 9.31 Å². The van der Waals surface area contributed by atoms with Gasteiger partial charge in [0.2, 0.25) is 0 Å². The first-order chi connectivity index (χ1) is 10.7. The van der Waals surface area contributed by atoms with Crippen LogP contribution in [-0.4, -0.2) is 28.1 Å². The van der Waals surface area contributed by atoms with Crippen molar-refractivity contribution in [2.24, 2.45) is 5.92 Å². The monoisotopic (exact) mass is 320 g/mol. The van der Waals surface area contributed by atoms with E-state index in [0.717, 1.165) is 18.0 Å². The van der Waals surface area contributed by atoms with Crippen LogP contribution in [0.1, 0.15) is 59.4 Å². The third-order valence-corrected chi connectivity index (χ3v) is 5.55. The lowest BCUT2D eigenvalue weighted by atomic mass is 9.84. The zero-order chi connectivity index (χ0) is 16.8. The summed E-state index contributed by atoms with van der Waals surface area (Å²) in [6, 6.07) is 0. The summed E-state index contributed by atoms with van der Waals surface area (Å²) in [5.74, 6) is 0.722. The summed E-state index contributed by atoms with van der Waals surface area (Å²) < 4.78 is 28.3. The number of nitrogens with zero attached hydrogens (tertiary/aromatic N) is 2. The summed E-state index contributed by atoms with van der Waals surface area (Å²) in [4.78, 5) is 0. The molecular formula is C17H26BFN2O2. The van der Waals surface area contributed by atoms with Gasteiger partial charge >= 0.3 is 7.12 Å². The van der Waals surface area contributed by atoms with Gasteiger partial charge in [0.1, 0.15) is 5.73 Å². The van der Waals surface area contributed by atoms with Crippen LogP contribution in [0.5, 0.6) is 0 Å². The van der Waals surface area contributed by atoms with E-state index in [2.05, 4.69) is 5.10 Å². The van der Waals surface area contributed by atoms with Crippen molar-refractivity contribution < 1.29 is 13.7 Å². The maximum Gasteiger partial charge on any atom is 0.525 e. The number of aromatic nitrogens is 2. The molecule has 126 valence electrons. The first-order valence-electron chi connectivity index (χ1n) is 8.44. The van der Waals surface area contributed by atoms with Crippen molar-refractivity contribution in [1.82, 2.24) is 9.78 Å². The van der Waals surface area contributed by atoms with Crippen LogP contribution < -0.4 is 0 Å². The Bertz CT molecular complexity index is 604. The van der Waals surface area contributed by atoms with Crippen molar-refractivity contribution in [3.63, 3.8) is 0 Å². The van der Waals surface area contributed by atoms with Gasteiger partial charge in [-0.25, -0.2) is 4.39 Å². The van der Waals surface area contributed by atoms with Gasteiger partial charge in [0.05, 0.1) is 17.4 Å². The first-order valence-corrected chi connectivity index (χ1v) is 8.44. The smallest absolute Gasteiger partial charge is 0.398 e. The van der Waals surface area contributed by atoms with E-state index in [0.29, 0.717) is 5.57 Å². The maximum atomic E-state index is 14.8. The Balaban J connectivity index is 1.75. The van der Waals surface area contributed by atoms with Crippen molar-refractivity contribution in [1.29, 1.82) is 0 Å². The van der Waals surface area contributed by atoms with Gasteiger partial charge in [0.25, 0.3) is 0 Å². The van der Waals surface area contributed by atoms with Gasteiger partial charge in [-0.3, -0.25) is 4.68 Å². The second-order valence-electron chi connectivity index (χ2n) is 7.81. The van der Waals surface area contributed by atoms with E-state index in [1.54, 1.807) is 13.1 Å². The molecule has 4 nitrogen and oxygen atoms in total. The number of allylic oxidation sites excluding steroid dienone is 1. The van der Waals surface area contributed by atoms with E-state index < -0.39 is 18.3 Å². The molecule has 2 fully saturated rings. The molecule has 1 aromatic heterocycles. The lowest BCUT2D eigenvalue weighted by Crippen LogP contribution is -2.41. The molecule has 2 aliphatic rings. The first kappa shape index (κ1) is 16.7. The second-order valence-corrected chi connectivity index (χ2v) is 7.81. The molecule has 0 bridgehead atoms. The van der Waals surface area contributed by atoms with Crippen LogP contribution in [0.2, 0.25) is 0 Å². The maximum absolute atomic E-state index is 14.8. The van der Waals surface area contributed by atoms with E-state index in [9.17, 15) is 4.39 Å². The lowest BCUT2D eigenvalue weighted by molar-refractivity contribution is 0.00578. The summed E-state index contributed by atoms with van der Waals surface area (Å²) in [6.07, 6.45) is 7.49. The molecule has 1 saturated carbocycles. The third kappa shape index (κ3) is 3.11. The highest BCUT2D eigenvalue weighted by Gasteiger charge is 2.53. The van der Waals surface area contributed by atoms with Crippen LogP contribution in [0.3, 0.4) is 0 Å². The standard InChI is InChI=1S/C17H26BFN2O2/c1-12(14-9-20-21(11-14)10-13-7-6-8-13)15(19)18-22-16(2,3)17(4,5)23-18/h9,11,13H,6-8,10H2,1-5H3. The second kappa shape index (κ2) is 5.74. The minimum Gasteiger partial charge on any atom is -0.398 e. The highest BCUT2D eigenvalue weighted by molar-refractivity contribution is 6.55. The molecule has 1 saturated heterocycles. The van der Waals surface area contributed by atoms with Crippen LogP contribution in [0.4, 0.5) is 4.39 Å². The molecule has 2 heterocycles. The molecule has 0 radical (unpaired) electrons. The minimum absolute atomic E-state index is 0.369. The molecule has 3 rings (SSSR count). The Morgan fingerprint density at radius 1 is 1.30 bits per heavy atom. The Morgan fingerprint density at radius 3 is 2.43 bits per heavy atom. The molecule has 6 heteroatoms. The number of hydrogen-bond donors (Lipinski definition) is 0. The van der Waals surface area contributed by atoms with Gasteiger partial charge in [-0.05, 0) is 59.0 Å². The molecule has 23 heavy (non-hydrogen) atoms. The Morgan fingerprint density at radius 2 is 1.91 bits per heavy atom. The fourth-order valence-electron chi connectivity index (χ4n) is 2.86. The minimum atomic E-state index is -0.949. The molecule has 0 aromatic carbocycles. The number of hydrogen-bond acceptors (Lipinski definition) is 3. The third-order valence-electron chi connectivity index (χ3n) is 5.55. The topological polar surface area (TPSA) is 36.3 Å². The number of halogens is 1. The van der Waals surface area contributed by atoms with Gasteiger partial charge in [-0.15, -0.1) is 0 Å². The van der Waals surface area contributed by atoms with Crippen molar-refractivity contribution >= 4 is 12.7 Å². The van der Waals surface area contributed by atoms with Crippen molar-refractivity contribution in [2.75, 3.05) is 0 Å². The largest absolute Gasteiger partial charge is 0.525 e. The highest BCUT2D eigenvalue weighted by Crippen LogP contribution is 2.40. The van der Waals surface area contributed by atoms with E-state index >= 15 is 0 Å². The van der Waals surface area contributed by atoms with Crippen molar-refractivity contribution in [3.8, 4) is 0 Å². The van der Waals surface area contributed by atoms with E-state index in [-0.39, 0.29) is 5.73 Å². The average Bonchev–Trinajstić information content (AvgIpc) is 2.95. The Kier molecular flexibility index (Phi) is 4.17. The summed E-state index contributed by atoms with van der Waals surface area (Å²) >= 11 is 0. The quantitative estimate of drug-likeness (QED) is 0.786. The predicted octanol–water partition coefficient (Wildman–Crippen LogP) is 4.02. The molecular weight excluding hydrogens is 294 g/mol. The summed E-state index contributed by atoms with van der Waals surface area (Å²) in [7, 11) is -0.949. The molecule has 0 atom stereocenters. The van der Waals surface area contributed by atoms with Crippen LogP contribution in [0.25, 0.3) is 5.57 Å². The van der Waals surface area contributed by atoms with Crippen molar-refractivity contribution in [3.05, 3.63) is 23.7 Å². The molecule has 1 aromatic rings. The van der Waals surface area contributed by atoms with Crippen LogP contribution >= 0.6 is 0 Å². The van der Waals surface area contributed by atoms with Gasteiger partial charge in [-0.2, -0.15) is 5.10 Å². The molecule has 1 aliphatic carbocycles. The molecule has 0 N–H and O–H groups in total. The van der Waals surface area contributed by atoms with Crippen LogP contribution in [0.15, 0.2) is 18.1 Å². The van der Waals surface area contributed by atoms with Gasteiger partial charge in [0.15, 0.2) is 0 Å². The molecule has 0 amide bonds. The van der Waals surface area contributed by atoms with Crippen LogP contribution in [-0.2, 0) is 15.9 Å². The van der Waals surface area contributed by atoms with E-state index in [1.807, 2.05) is 38.6 Å². The van der Waals surface area contributed by atoms with Gasteiger partial charge in [0, 0.05) is 18.3 Å². The normalized spacial score (nSPS) is 24.5. The SMILES string of the molecule is CC(=C(F)B1OC(C)(C)C(C)(C)O1)c1cnn(CC2CCC2)c1. The summed E-state index contributed by atoms with van der Waals surface area (Å²) in [5.41, 5.74) is -0.125. The summed E-state index contributed by atoms with van der Waals surface area (Å²) in [5, 5.41) is 4.36. The number of rotatable bonds is 4. The molecule has 0 unspecified atom stereocenters. The van der Waals surface area contributed by atoms with Crippen molar-refractivity contribution in [2.45, 2.75) is 71.6 Å². The fourth-order valence-corrected chi connectivity index (χ4v) is 2.86. The van der Waals surface area contributed by atoms with Crippen LogP contribution in [0, 0.1) is 5.92 Å². The molecule has 0 spiro atoms. The lowest BCUT2D eigenvalue weighted by Gasteiger charge is -2.32. The zero-order valence-corrected chi connectivity index (χ0v) is 14.7. The van der Waals surface area contributed by atoms with E-state index in [4.69, 9.17) is 9.31 Å².